The summed E-state index contributed by atoms with van der Waals surface area (Å²) in [6.45, 7) is 4.24. The van der Waals surface area contributed by atoms with Gasteiger partial charge < -0.3 is 14.2 Å². The summed E-state index contributed by atoms with van der Waals surface area (Å²) < 4.78 is 10.9. The monoisotopic (exact) mass is 344 g/mol. The van der Waals surface area contributed by atoms with Crippen LogP contribution in [-0.2, 0) is 4.74 Å². The van der Waals surface area contributed by atoms with Crippen LogP contribution in [0.5, 0.6) is 0 Å². The minimum absolute atomic E-state index is 0.0574. The molecule has 5 nitrogen and oxygen atoms in total. The van der Waals surface area contributed by atoms with Gasteiger partial charge in [-0.3, -0.25) is 4.79 Å². The maximum Gasteiger partial charge on any atom is 0.292 e. The lowest BCUT2D eigenvalue weighted by Crippen LogP contribution is -2.54. The highest BCUT2D eigenvalue weighted by Crippen LogP contribution is 2.31. The molecule has 2 aliphatic rings. The molecule has 2 aromatic rings. The third-order valence-electron chi connectivity index (χ3n) is 4.66. The van der Waals surface area contributed by atoms with E-state index in [4.69, 9.17) is 9.26 Å². The lowest BCUT2D eigenvalue weighted by atomic mass is 10.1. The van der Waals surface area contributed by atoms with E-state index in [-0.39, 0.29) is 11.9 Å². The average Bonchev–Trinajstić information content (AvgIpc) is 3.11. The zero-order valence-electron chi connectivity index (χ0n) is 13.6. The molecule has 2 unspecified atom stereocenters. The third kappa shape index (κ3) is 2.96. The van der Waals surface area contributed by atoms with Gasteiger partial charge in [-0.1, -0.05) is 35.0 Å². The Morgan fingerprint density at radius 3 is 3.00 bits per heavy atom. The van der Waals surface area contributed by atoms with Crippen LogP contribution in [0, 0.1) is 6.92 Å². The smallest absolute Gasteiger partial charge is 0.292 e. The van der Waals surface area contributed by atoms with Crippen LogP contribution < -0.4 is 0 Å². The number of amides is 1. The molecule has 2 atom stereocenters. The molecule has 1 amide bonds. The molecule has 0 spiro atoms. The summed E-state index contributed by atoms with van der Waals surface area (Å²) in [7, 11) is 0. The number of hydrogen-bond acceptors (Lipinski definition) is 5. The lowest BCUT2D eigenvalue weighted by Gasteiger charge is -2.42. The molecule has 3 heterocycles. The van der Waals surface area contributed by atoms with Crippen LogP contribution in [0.3, 0.4) is 0 Å². The number of nitrogens with zero attached hydrogens (tertiary/aromatic N) is 2. The third-order valence-corrected chi connectivity index (χ3v) is 5.96. The normalized spacial score (nSPS) is 23.8. The molecule has 0 aliphatic carbocycles. The molecular weight excluding hydrogens is 324 g/mol. The molecule has 4 rings (SSSR count). The van der Waals surface area contributed by atoms with Crippen molar-refractivity contribution in [2.45, 2.75) is 24.6 Å². The standard InChI is InChI=1S/C18H20N2O3S/c1-12-2-4-13(5-3-12)14-10-16(23-19-14)18(21)20-7-9-24-17-11-22-8-6-15(17)20/h2-5,10,15,17H,6-9,11H2,1H3. The highest BCUT2D eigenvalue weighted by molar-refractivity contribution is 8.00. The van der Waals surface area contributed by atoms with E-state index >= 15 is 0 Å². The van der Waals surface area contributed by atoms with E-state index in [1.54, 1.807) is 6.07 Å². The summed E-state index contributed by atoms with van der Waals surface area (Å²) >= 11 is 1.90. The highest BCUT2D eigenvalue weighted by atomic mass is 32.2. The van der Waals surface area contributed by atoms with Gasteiger partial charge in [-0.2, -0.15) is 11.8 Å². The number of hydrogen-bond donors (Lipinski definition) is 0. The van der Waals surface area contributed by atoms with Crippen LogP contribution in [0.15, 0.2) is 34.9 Å². The minimum Gasteiger partial charge on any atom is -0.380 e. The SMILES string of the molecule is Cc1ccc(-c2cc(C(=O)N3CCSC4COCCC43)on2)cc1. The van der Waals surface area contributed by atoms with E-state index in [1.165, 1.54) is 5.56 Å². The summed E-state index contributed by atoms with van der Waals surface area (Å²) in [6, 6.07) is 10.0. The van der Waals surface area contributed by atoms with Gasteiger partial charge in [0.2, 0.25) is 5.76 Å². The zero-order chi connectivity index (χ0) is 16.5. The molecule has 24 heavy (non-hydrogen) atoms. The van der Waals surface area contributed by atoms with Crippen LogP contribution in [0.25, 0.3) is 11.3 Å². The number of aryl methyl sites for hydroxylation is 1. The number of aromatic nitrogens is 1. The van der Waals surface area contributed by atoms with E-state index in [2.05, 4.69) is 5.16 Å². The van der Waals surface area contributed by atoms with Crippen molar-refractivity contribution in [3.05, 3.63) is 41.7 Å². The number of ether oxygens (including phenoxy) is 1. The van der Waals surface area contributed by atoms with Gasteiger partial charge in [0.05, 0.1) is 6.61 Å². The summed E-state index contributed by atoms with van der Waals surface area (Å²) in [6.07, 6.45) is 0.891. The molecule has 1 aromatic carbocycles. The van der Waals surface area contributed by atoms with Gasteiger partial charge in [-0.05, 0) is 13.3 Å². The fourth-order valence-electron chi connectivity index (χ4n) is 3.31. The quantitative estimate of drug-likeness (QED) is 0.838. The Balaban J connectivity index is 1.55. The molecule has 126 valence electrons. The Morgan fingerprint density at radius 2 is 2.17 bits per heavy atom. The van der Waals surface area contributed by atoms with Crippen molar-refractivity contribution in [2.75, 3.05) is 25.5 Å². The molecule has 0 N–H and O–H groups in total. The lowest BCUT2D eigenvalue weighted by molar-refractivity contribution is 0.0296. The van der Waals surface area contributed by atoms with Gasteiger partial charge >= 0.3 is 0 Å². The second-order valence-electron chi connectivity index (χ2n) is 6.28. The maximum absolute atomic E-state index is 12.9. The van der Waals surface area contributed by atoms with Crippen LogP contribution in [0.1, 0.15) is 22.5 Å². The molecule has 6 heteroatoms. The summed E-state index contributed by atoms with van der Waals surface area (Å²) in [5.41, 5.74) is 2.85. The van der Waals surface area contributed by atoms with Crippen LogP contribution in [0.2, 0.25) is 0 Å². The summed E-state index contributed by atoms with van der Waals surface area (Å²) in [5.74, 6) is 1.20. The first-order chi connectivity index (χ1) is 11.7. The van der Waals surface area contributed by atoms with Crippen molar-refractivity contribution in [3.8, 4) is 11.3 Å². The van der Waals surface area contributed by atoms with E-state index in [0.717, 1.165) is 37.5 Å². The van der Waals surface area contributed by atoms with Crippen LogP contribution >= 0.6 is 11.8 Å². The molecule has 0 bridgehead atoms. The fourth-order valence-corrected chi connectivity index (χ4v) is 4.62. The molecule has 2 saturated heterocycles. The Hall–Kier alpha value is -1.79. The van der Waals surface area contributed by atoms with Crippen molar-refractivity contribution in [1.82, 2.24) is 10.1 Å². The van der Waals surface area contributed by atoms with Gasteiger partial charge in [0.1, 0.15) is 5.69 Å². The summed E-state index contributed by atoms with van der Waals surface area (Å²) in [5, 5.41) is 4.45. The first-order valence-corrected chi connectivity index (χ1v) is 9.31. The number of benzene rings is 1. The number of rotatable bonds is 2. The number of thioether (sulfide) groups is 1. The molecule has 1 aromatic heterocycles. The molecule has 0 radical (unpaired) electrons. The summed E-state index contributed by atoms with van der Waals surface area (Å²) in [4.78, 5) is 14.8. The Bertz CT molecular complexity index is 726. The highest BCUT2D eigenvalue weighted by Gasteiger charge is 2.38. The molecule has 2 aliphatic heterocycles. The van der Waals surface area contributed by atoms with E-state index in [1.807, 2.05) is 47.9 Å². The van der Waals surface area contributed by atoms with Gasteiger partial charge in [-0.25, -0.2) is 0 Å². The van der Waals surface area contributed by atoms with Gasteiger partial charge in [-0.15, -0.1) is 0 Å². The second-order valence-corrected chi connectivity index (χ2v) is 7.63. The second kappa shape index (κ2) is 6.61. The van der Waals surface area contributed by atoms with Crippen molar-refractivity contribution in [1.29, 1.82) is 0 Å². The van der Waals surface area contributed by atoms with E-state index in [0.29, 0.717) is 16.7 Å². The van der Waals surface area contributed by atoms with Gasteiger partial charge in [0, 0.05) is 41.8 Å². The average molecular weight is 344 g/mol. The number of carbonyl (C=O) groups is 1. The largest absolute Gasteiger partial charge is 0.380 e. The van der Waals surface area contributed by atoms with Crippen molar-refractivity contribution in [2.24, 2.45) is 0 Å². The van der Waals surface area contributed by atoms with Crippen LogP contribution in [-0.4, -0.2) is 52.8 Å². The molecular formula is C18H20N2O3S. The maximum atomic E-state index is 12.9. The van der Waals surface area contributed by atoms with Crippen molar-refractivity contribution >= 4 is 17.7 Å². The predicted molar refractivity (Wildman–Crippen MR) is 93.2 cm³/mol. The van der Waals surface area contributed by atoms with E-state index < -0.39 is 0 Å². The Kier molecular flexibility index (Phi) is 4.33. The van der Waals surface area contributed by atoms with Gasteiger partial charge in [0.15, 0.2) is 0 Å². The Morgan fingerprint density at radius 1 is 1.33 bits per heavy atom. The van der Waals surface area contributed by atoms with Gasteiger partial charge in [0.25, 0.3) is 5.91 Å². The van der Waals surface area contributed by atoms with E-state index in [9.17, 15) is 4.79 Å². The minimum atomic E-state index is -0.0574. The first-order valence-electron chi connectivity index (χ1n) is 8.26. The predicted octanol–water partition coefficient (Wildman–Crippen LogP) is 3.00. The van der Waals surface area contributed by atoms with Crippen molar-refractivity contribution in [3.63, 3.8) is 0 Å². The molecule has 0 saturated carbocycles. The number of carbonyl (C=O) groups excluding carboxylic acids is 1. The van der Waals surface area contributed by atoms with Crippen molar-refractivity contribution < 1.29 is 14.1 Å². The fraction of sp³-hybridized carbons (Fsp3) is 0.444. The topological polar surface area (TPSA) is 55.6 Å². The Labute approximate surface area is 145 Å². The first kappa shape index (κ1) is 15.7. The zero-order valence-corrected chi connectivity index (χ0v) is 14.4. The molecule has 2 fully saturated rings. The van der Waals surface area contributed by atoms with Crippen LogP contribution in [0.4, 0.5) is 0 Å². The number of fused-ring (bicyclic) bond motifs is 1.